The number of amides is 1. The van der Waals surface area contributed by atoms with Crippen molar-refractivity contribution >= 4 is 28.3 Å². The summed E-state index contributed by atoms with van der Waals surface area (Å²) < 4.78 is 1.25. The van der Waals surface area contributed by atoms with Gasteiger partial charge in [0.1, 0.15) is 5.82 Å². The first-order valence-electron chi connectivity index (χ1n) is 9.43. The van der Waals surface area contributed by atoms with Crippen LogP contribution < -0.4 is 21.9 Å². The van der Waals surface area contributed by atoms with E-state index in [0.717, 1.165) is 22.0 Å². The fourth-order valence-electron chi connectivity index (χ4n) is 3.51. The molecule has 0 spiro atoms. The SMILES string of the molecule is CN(C(=O)Cc1c[nH]c2ccccc12)c1c(N)n(Cc2ccccc2)c(=O)[nH]c1=O. The number of carbonyl (C=O) groups excluding carboxylic acids is 1. The number of likely N-dealkylation sites (N-methyl/N-ethyl adjacent to an activating group) is 1. The van der Waals surface area contributed by atoms with Crippen molar-refractivity contribution < 1.29 is 4.79 Å². The zero-order valence-electron chi connectivity index (χ0n) is 16.4. The first-order chi connectivity index (χ1) is 14.5. The Labute approximate surface area is 171 Å². The van der Waals surface area contributed by atoms with E-state index in [4.69, 9.17) is 5.73 Å². The molecule has 0 atom stereocenters. The van der Waals surface area contributed by atoms with Gasteiger partial charge in [-0.25, -0.2) is 4.79 Å². The minimum Gasteiger partial charge on any atom is -0.383 e. The van der Waals surface area contributed by atoms with E-state index in [-0.39, 0.29) is 30.4 Å². The molecule has 4 N–H and O–H groups in total. The highest BCUT2D eigenvalue weighted by atomic mass is 16.2. The summed E-state index contributed by atoms with van der Waals surface area (Å²) in [4.78, 5) is 44.3. The summed E-state index contributed by atoms with van der Waals surface area (Å²) in [6.45, 7) is 0.180. The zero-order valence-corrected chi connectivity index (χ0v) is 16.4. The monoisotopic (exact) mass is 403 g/mol. The third-order valence-electron chi connectivity index (χ3n) is 5.12. The largest absolute Gasteiger partial charge is 0.383 e. The number of H-pyrrole nitrogens is 2. The molecule has 0 unspecified atom stereocenters. The third-order valence-corrected chi connectivity index (χ3v) is 5.12. The number of nitrogens with one attached hydrogen (secondary N) is 2. The van der Waals surface area contributed by atoms with Gasteiger partial charge >= 0.3 is 5.69 Å². The van der Waals surface area contributed by atoms with Crippen molar-refractivity contribution in [2.24, 2.45) is 0 Å². The average molecular weight is 403 g/mol. The quantitative estimate of drug-likeness (QED) is 0.471. The predicted octanol–water partition coefficient (Wildman–Crippen LogP) is 1.85. The topological polar surface area (TPSA) is 117 Å². The molecule has 0 radical (unpaired) electrons. The van der Waals surface area contributed by atoms with Gasteiger partial charge in [-0.1, -0.05) is 48.5 Å². The van der Waals surface area contributed by atoms with E-state index in [2.05, 4.69) is 9.97 Å². The van der Waals surface area contributed by atoms with Gasteiger partial charge in [-0.05, 0) is 17.2 Å². The van der Waals surface area contributed by atoms with Crippen molar-refractivity contribution in [1.29, 1.82) is 0 Å². The highest BCUT2D eigenvalue weighted by Crippen LogP contribution is 2.21. The summed E-state index contributed by atoms with van der Waals surface area (Å²) in [5, 5.41) is 0.940. The molecule has 1 amide bonds. The second kappa shape index (κ2) is 7.75. The standard InChI is InChI=1S/C22H21N5O3/c1-26(18(28)11-15-12-24-17-10-6-5-9-16(15)17)19-20(23)27(22(30)25-21(19)29)13-14-7-3-2-4-8-14/h2-10,12,24H,11,13,23H2,1H3,(H,25,29,30). The normalized spacial score (nSPS) is 11.0. The number of rotatable bonds is 5. The summed E-state index contributed by atoms with van der Waals surface area (Å²) in [7, 11) is 1.48. The van der Waals surface area contributed by atoms with Crippen molar-refractivity contribution in [3.8, 4) is 0 Å². The maximum atomic E-state index is 12.9. The van der Waals surface area contributed by atoms with E-state index >= 15 is 0 Å². The molecule has 0 fully saturated rings. The van der Waals surface area contributed by atoms with Crippen molar-refractivity contribution in [2.75, 3.05) is 17.7 Å². The molecule has 4 aromatic rings. The van der Waals surface area contributed by atoms with Gasteiger partial charge in [-0.15, -0.1) is 0 Å². The lowest BCUT2D eigenvalue weighted by Gasteiger charge is -2.20. The lowest BCUT2D eigenvalue weighted by atomic mass is 10.1. The van der Waals surface area contributed by atoms with E-state index in [1.54, 1.807) is 6.20 Å². The van der Waals surface area contributed by atoms with Crippen molar-refractivity contribution in [2.45, 2.75) is 13.0 Å². The number of aromatic amines is 2. The molecule has 30 heavy (non-hydrogen) atoms. The summed E-state index contributed by atoms with van der Waals surface area (Å²) in [5.41, 5.74) is 7.40. The van der Waals surface area contributed by atoms with Crippen molar-refractivity contribution in [3.05, 3.63) is 92.8 Å². The molecule has 8 nitrogen and oxygen atoms in total. The zero-order chi connectivity index (χ0) is 21.3. The summed E-state index contributed by atoms with van der Waals surface area (Å²) in [6.07, 6.45) is 1.86. The number of anilines is 2. The Morgan fingerprint density at radius 3 is 2.53 bits per heavy atom. The molecule has 0 aliphatic rings. The molecule has 2 aromatic carbocycles. The molecule has 2 aromatic heterocycles. The fourth-order valence-corrected chi connectivity index (χ4v) is 3.51. The maximum absolute atomic E-state index is 12.9. The number of hydrogen-bond acceptors (Lipinski definition) is 4. The van der Waals surface area contributed by atoms with Gasteiger partial charge in [-0.2, -0.15) is 0 Å². The Hall–Kier alpha value is -4.07. The van der Waals surface area contributed by atoms with Crippen molar-refractivity contribution in [3.63, 3.8) is 0 Å². The number of fused-ring (bicyclic) bond motifs is 1. The van der Waals surface area contributed by atoms with Gasteiger partial charge in [-0.3, -0.25) is 19.1 Å². The van der Waals surface area contributed by atoms with Gasteiger partial charge in [0.05, 0.1) is 13.0 Å². The van der Waals surface area contributed by atoms with Crippen LogP contribution >= 0.6 is 0 Å². The number of carbonyl (C=O) groups is 1. The Balaban J connectivity index is 1.67. The molecular weight excluding hydrogens is 382 g/mol. The second-order valence-corrected chi connectivity index (χ2v) is 7.05. The van der Waals surface area contributed by atoms with Crippen LogP contribution in [0.2, 0.25) is 0 Å². The minimum atomic E-state index is -0.698. The molecule has 2 heterocycles. The van der Waals surface area contributed by atoms with E-state index in [0.29, 0.717) is 0 Å². The highest BCUT2D eigenvalue weighted by Gasteiger charge is 2.22. The Morgan fingerprint density at radius 2 is 1.77 bits per heavy atom. The molecule has 4 rings (SSSR count). The van der Waals surface area contributed by atoms with Crippen LogP contribution in [0.1, 0.15) is 11.1 Å². The Morgan fingerprint density at radius 1 is 1.07 bits per heavy atom. The van der Waals surface area contributed by atoms with Crippen LogP contribution in [0.3, 0.4) is 0 Å². The third kappa shape index (κ3) is 3.50. The summed E-state index contributed by atoms with van der Waals surface area (Å²) in [6, 6.07) is 16.9. The lowest BCUT2D eigenvalue weighted by molar-refractivity contribution is -0.117. The van der Waals surface area contributed by atoms with E-state index in [1.807, 2.05) is 54.6 Å². The van der Waals surface area contributed by atoms with Gasteiger partial charge in [0.15, 0.2) is 5.69 Å². The van der Waals surface area contributed by atoms with Gasteiger partial charge in [0.2, 0.25) is 5.91 Å². The van der Waals surface area contributed by atoms with Crippen LogP contribution in [0.5, 0.6) is 0 Å². The molecular formula is C22H21N5O3. The van der Waals surface area contributed by atoms with Crippen LogP contribution in [-0.2, 0) is 17.8 Å². The first kappa shape index (κ1) is 19.3. The molecule has 0 saturated heterocycles. The molecule has 0 aliphatic carbocycles. The number of nitrogens with zero attached hydrogens (tertiary/aromatic N) is 2. The average Bonchev–Trinajstić information content (AvgIpc) is 3.14. The minimum absolute atomic E-state index is 0.0460. The molecule has 0 aliphatic heterocycles. The van der Waals surface area contributed by atoms with E-state index in [9.17, 15) is 14.4 Å². The number of para-hydroxylation sites is 1. The molecule has 0 saturated carbocycles. The Kier molecular flexibility index (Phi) is 4.97. The van der Waals surface area contributed by atoms with Gasteiger partial charge < -0.3 is 15.6 Å². The van der Waals surface area contributed by atoms with Crippen LogP contribution in [-0.4, -0.2) is 27.5 Å². The van der Waals surface area contributed by atoms with E-state index in [1.165, 1.54) is 16.5 Å². The second-order valence-electron chi connectivity index (χ2n) is 7.05. The van der Waals surface area contributed by atoms with Crippen LogP contribution in [0, 0.1) is 0 Å². The molecule has 8 heteroatoms. The van der Waals surface area contributed by atoms with Crippen molar-refractivity contribution in [1.82, 2.24) is 14.5 Å². The van der Waals surface area contributed by atoms with Crippen LogP contribution in [0.4, 0.5) is 11.5 Å². The van der Waals surface area contributed by atoms with E-state index < -0.39 is 11.2 Å². The fraction of sp³-hybridized carbons (Fsp3) is 0.136. The van der Waals surface area contributed by atoms with Crippen LogP contribution in [0.25, 0.3) is 10.9 Å². The maximum Gasteiger partial charge on any atom is 0.330 e. The number of nitrogen functional groups attached to an aromatic ring is 1. The van der Waals surface area contributed by atoms with Gasteiger partial charge in [0, 0.05) is 24.1 Å². The number of nitrogens with two attached hydrogens (primary N) is 1. The smallest absolute Gasteiger partial charge is 0.330 e. The number of hydrogen-bond donors (Lipinski definition) is 3. The first-order valence-corrected chi connectivity index (χ1v) is 9.43. The summed E-state index contributed by atoms with van der Waals surface area (Å²) >= 11 is 0. The Bertz CT molecular complexity index is 1330. The molecule has 152 valence electrons. The lowest BCUT2D eigenvalue weighted by Crippen LogP contribution is -2.39. The number of aromatic nitrogens is 3. The number of benzene rings is 2. The van der Waals surface area contributed by atoms with Gasteiger partial charge in [0.25, 0.3) is 5.56 Å². The predicted molar refractivity (Wildman–Crippen MR) is 117 cm³/mol. The molecule has 0 bridgehead atoms. The highest BCUT2D eigenvalue weighted by molar-refractivity contribution is 5.98. The van der Waals surface area contributed by atoms with Crippen LogP contribution in [0.15, 0.2) is 70.4 Å². The summed E-state index contributed by atoms with van der Waals surface area (Å²) in [5.74, 6) is -0.371.